The number of carbonyl (C=O) groups excluding carboxylic acids is 1. The number of aromatic nitrogens is 3. The van der Waals surface area contributed by atoms with E-state index in [9.17, 15) is 4.79 Å². The lowest BCUT2D eigenvalue weighted by Gasteiger charge is -2.36. The van der Waals surface area contributed by atoms with Crippen molar-refractivity contribution in [2.75, 3.05) is 26.3 Å². The highest BCUT2D eigenvalue weighted by atomic mass is 16.5. The first kappa shape index (κ1) is 20.2. The second-order valence-corrected chi connectivity index (χ2v) is 9.29. The summed E-state index contributed by atoms with van der Waals surface area (Å²) in [7, 11) is 0. The first-order chi connectivity index (χ1) is 15.1. The van der Waals surface area contributed by atoms with Crippen LogP contribution in [0, 0.1) is 5.41 Å². The lowest BCUT2D eigenvalue weighted by molar-refractivity contribution is -0.130. The van der Waals surface area contributed by atoms with Crippen molar-refractivity contribution in [3.63, 3.8) is 0 Å². The van der Waals surface area contributed by atoms with Crippen molar-refractivity contribution in [1.29, 1.82) is 0 Å². The van der Waals surface area contributed by atoms with E-state index in [-0.39, 0.29) is 23.2 Å². The number of hydrogen-bond donors (Lipinski definition) is 1. The van der Waals surface area contributed by atoms with Crippen LogP contribution < -0.4 is 0 Å². The highest BCUT2D eigenvalue weighted by Crippen LogP contribution is 2.49. The maximum Gasteiger partial charge on any atom is 0.222 e. The van der Waals surface area contributed by atoms with Crippen molar-refractivity contribution < 1.29 is 13.9 Å². The summed E-state index contributed by atoms with van der Waals surface area (Å²) in [6, 6.07) is 8.23. The number of fused-ring (bicyclic) bond motifs is 1. The summed E-state index contributed by atoms with van der Waals surface area (Å²) < 4.78 is 11.7. The third-order valence-corrected chi connectivity index (χ3v) is 7.02. The normalized spacial score (nSPS) is 20.9. The molecule has 5 rings (SSSR count). The molecule has 1 spiro atoms. The number of likely N-dealkylation sites (tertiary alicyclic amines) is 1. The molecule has 3 aromatic rings. The van der Waals surface area contributed by atoms with Gasteiger partial charge in [-0.2, -0.15) is 0 Å². The van der Waals surface area contributed by atoms with E-state index in [4.69, 9.17) is 9.15 Å². The van der Waals surface area contributed by atoms with Gasteiger partial charge in [-0.05, 0) is 30.9 Å². The topological polar surface area (TPSA) is 84.2 Å². The van der Waals surface area contributed by atoms with Gasteiger partial charge in [0.05, 0.1) is 5.92 Å². The monoisotopic (exact) mass is 422 g/mol. The fraction of sp³-hybridized carbons (Fsp3) is 0.542. The van der Waals surface area contributed by atoms with Gasteiger partial charge in [-0.1, -0.05) is 32.0 Å². The number of hydrogen-bond acceptors (Lipinski definition) is 5. The van der Waals surface area contributed by atoms with E-state index in [1.54, 1.807) is 0 Å². The van der Waals surface area contributed by atoms with Crippen LogP contribution in [-0.4, -0.2) is 52.3 Å². The van der Waals surface area contributed by atoms with Crippen LogP contribution in [0.4, 0.5) is 0 Å². The van der Waals surface area contributed by atoms with E-state index < -0.39 is 0 Å². The Hall–Kier alpha value is -2.67. The zero-order chi connectivity index (χ0) is 21.4. The van der Waals surface area contributed by atoms with E-state index in [0.717, 1.165) is 44.5 Å². The Bertz CT molecular complexity index is 1060. The largest absolute Gasteiger partial charge is 0.425 e. The zero-order valence-electron chi connectivity index (χ0n) is 18.3. The fourth-order valence-electron chi connectivity index (χ4n) is 5.14. The minimum absolute atomic E-state index is 0.0323. The Morgan fingerprint density at radius 1 is 1.26 bits per heavy atom. The molecule has 7 nitrogen and oxygen atoms in total. The van der Waals surface area contributed by atoms with Crippen LogP contribution in [0.5, 0.6) is 0 Å². The number of aryl methyl sites for hydroxylation is 1. The van der Waals surface area contributed by atoms with Gasteiger partial charge in [0.25, 0.3) is 0 Å². The lowest BCUT2D eigenvalue weighted by atomic mass is 9.72. The van der Waals surface area contributed by atoms with E-state index in [1.807, 2.05) is 23.2 Å². The summed E-state index contributed by atoms with van der Waals surface area (Å²) in [5.41, 5.74) is 2.28. The standard InChI is InChI=1S/C24H30N4O3/c1-16(2)22-26-27-23(31-22)19-14-28(15-24(19)9-11-30-12-10-24)21(29)8-7-17-13-25-20-6-4-3-5-18(17)20/h3-6,13,16,19,25H,7-12,14-15H2,1-2H3. The maximum atomic E-state index is 13.2. The summed E-state index contributed by atoms with van der Waals surface area (Å²) in [5.74, 6) is 1.82. The number of para-hydroxylation sites is 1. The number of nitrogens with zero attached hydrogens (tertiary/aromatic N) is 3. The number of ether oxygens (including phenoxy) is 1. The molecule has 2 fully saturated rings. The van der Waals surface area contributed by atoms with Gasteiger partial charge in [0.2, 0.25) is 17.7 Å². The van der Waals surface area contributed by atoms with Crippen LogP contribution in [0.25, 0.3) is 10.9 Å². The molecule has 0 aliphatic carbocycles. The van der Waals surface area contributed by atoms with Gasteiger partial charge < -0.3 is 19.0 Å². The van der Waals surface area contributed by atoms with Crippen LogP contribution in [0.3, 0.4) is 0 Å². The van der Waals surface area contributed by atoms with Crippen molar-refractivity contribution >= 4 is 16.8 Å². The fourth-order valence-corrected chi connectivity index (χ4v) is 5.14. The zero-order valence-corrected chi connectivity index (χ0v) is 18.3. The molecule has 1 atom stereocenters. The highest BCUT2D eigenvalue weighted by molar-refractivity contribution is 5.84. The smallest absolute Gasteiger partial charge is 0.222 e. The third-order valence-electron chi connectivity index (χ3n) is 7.02. The SMILES string of the molecule is CC(C)c1nnc(C2CN(C(=O)CCc3c[nH]c4ccccc34)CC23CCOCC3)o1. The molecule has 7 heteroatoms. The van der Waals surface area contributed by atoms with E-state index in [2.05, 4.69) is 41.2 Å². The number of rotatable bonds is 5. The molecule has 1 amide bonds. The molecular weight excluding hydrogens is 392 g/mol. The van der Waals surface area contributed by atoms with Crippen molar-refractivity contribution in [1.82, 2.24) is 20.1 Å². The predicted octanol–water partition coefficient (Wildman–Crippen LogP) is 4.03. The molecule has 1 aromatic carbocycles. The molecule has 1 unspecified atom stereocenters. The van der Waals surface area contributed by atoms with E-state index in [0.29, 0.717) is 24.7 Å². The quantitative estimate of drug-likeness (QED) is 0.671. The average molecular weight is 423 g/mol. The van der Waals surface area contributed by atoms with Crippen LogP contribution in [0.15, 0.2) is 34.9 Å². The molecule has 2 aliphatic rings. The van der Waals surface area contributed by atoms with Gasteiger partial charge in [0.15, 0.2) is 0 Å². The molecule has 0 radical (unpaired) electrons. The molecule has 4 heterocycles. The van der Waals surface area contributed by atoms with Crippen molar-refractivity contribution in [2.24, 2.45) is 5.41 Å². The van der Waals surface area contributed by atoms with Crippen LogP contribution >= 0.6 is 0 Å². The number of benzene rings is 1. The first-order valence-electron chi connectivity index (χ1n) is 11.3. The summed E-state index contributed by atoms with van der Waals surface area (Å²) in [5, 5.41) is 9.83. The maximum absolute atomic E-state index is 13.2. The molecule has 1 N–H and O–H groups in total. The van der Waals surface area contributed by atoms with Crippen molar-refractivity contribution in [2.45, 2.75) is 51.4 Å². The van der Waals surface area contributed by atoms with Crippen molar-refractivity contribution in [3.8, 4) is 0 Å². The Labute approximate surface area is 182 Å². The molecule has 2 aliphatic heterocycles. The average Bonchev–Trinajstić information content (AvgIpc) is 3.50. The second-order valence-electron chi connectivity index (χ2n) is 9.29. The van der Waals surface area contributed by atoms with Gasteiger partial charge >= 0.3 is 0 Å². The van der Waals surface area contributed by atoms with Gasteiger partial charge in [0, 0.05) is 61.2 Å². The molecular formula is C24H30N4O3. The van der Waals surface area contributed by atoms with Gasteiger partial charge in [-0.3, -0.25) is 4.79 Å². The molecule has 2 saturated heterocycles. The van der Waals surface area contributed by atoms with Gasteiger partial charge in [0.1, 0.15) is 0 Å². The molecule has 2 aromatic heterocycles. The molecule has 164 valence electrons. The van der Waals surface area contributed by atoms with Crippen LogP contribution in [0.2, 0.25) is 0 Å². The minimum Gasteiger partial charge on any atom is -0.425 e. The third kappa shape index (κ3) is 3.76. The Balaban J connectivity index is 1.32. The summed E-state index contributed by atoms with van der Waals surface area (Å²) in [6.45, 7) is 6.94. The minimum atomic E-state index is -0.0323. The van der Waals surface area contributed by atoms with E-state index >= 15 is 0 Å². The molecule has 31 heavy (non-hydrogen) atoms. The van der Waals surface area contributed by atoms with Crippen LogP contribution in [0.1, 0.15) is 62.3 Å². The number of aromatic amines is 1. The number of amides is 1. The Kier molecular flexibility index (Phi) is 5.30. The molecule has 0 saturated carbocycles. The summed E-state index contributed by atoms with van der Waals surface area (Å²) >= 11 is 0. The van der Waals surface area contributed by atoms with Gasteiger partial charge in [-0.15, -0.1) is 10.2 Å². The summed E-state index contributed by atoms with van der Waals surface area (Å²) in [4.78, 5) is 18.5. The molecule has 0 bridgehead atoms. The lowest BCUT2D eigenvalue weighted by Crippen LogP contribution is -2.37. The van der Waals surface area contributed by atoms with Crippen molar-refractivity contribution in [3.05, 3.63) is 47.8 Å². The second kappa shape index (κ2) is 8.11. The number of H-pyrrole nitrogens is 1. The first-order valence-corrected chi connectivity index (χ1v) is 11.3. The highest BCUT2D eigenvalue weighted by Gasteiger charge is 2.51. The van der Waals surface area contributed by atoms with Gasteiger partial charge in [-0.25, -0.2) is 0 Å². The number of nitrogens with one attached hydrogen (secondary N) is 1. The van der Waals surface area contributed by atoms with E-state index in [1.165, 1.54) is 10.9 Å². The predicted molar refractivity (Wildman–Crippen MR) is 117 cm³/mol. The van der Waals surface area contributed by atoms with Crippen LogP contribution in [-0.2, 0) is 16.0 Å². The summed E-state index contributed by atoms with van der Waals surface area (Å²) in [6.07, 6.45) is 5.10. The Morgan fingerprint density at radius 2 is 2.06 bits per heavy atom. The Morgan fingerprint density at radius 3 is 2.84 bits per heavy atom. The number of carbonyl (C=O) groups is 1.